The smallest absolute Gasteiger partial charge is 0.156 e. The molecular formula is C10H22N2O2S. The number of nitrogens with zero attached hydrogens (tertiary/aromatic N) is 1. The molecule has 0 aromatic rings. The van der Waals surface area contributed by atoms with Crippen molar-refractivity contribution in [1.29, 1.82) is 0 Å². The topological polar surface area (TPSA) is 63.4 Å². The van der Waals surface area contributed by atoms with E-state index < -0.39 is 14.6 Å². The fourth-order valence-electron chi connectivity index (χ4n) is 1.62. The van der Waals surface area contributed by atoms with Gasteiger partial charge >= 0.3 is 0 Å². The number of sulfone groups is 1. The highest BCUT2D eigenvalue weighted by molar-refractivity contribution is 7.92. The van der Waals surface area contributed by atoms with Crippen LogP contribution in [-0.2, 0) is 9.84 Å². The van der Waals surface area contributed by atoms with Crippen LogP contribution in [0.25, 0.3) is 0 Å². The molecule has 1 atom stereocenters. The van der Waals surface area contributed by atoms with Crippen LogP contribution in [0.5, 0.6) is 0 Å². The molecule has 0 spiro atoms. The molecule has 4 nitrogen and oxygen atoms in total. The van der Waals surface area contributed by atoms with Crippen molar-refractivity contribution in [3.8, 4) is 0 Å². The summed E-state index contributed by atoms with van der Waals surface area (Å²) in [5, 5.41) is 0. The molecule has 0 bridgehead atoms. The zero-order valence-electron chi connectivity index (χ0n) is 9.86. The molecule has 1 aliphatic heterocycles. The van der Waals surface area contributed by atoms with Gasteiger partial charge in [0.25, 0.3) is 0 Å². The van der Waals surface area contributed by atoms with Gasteiger partial charge in [-0.3, -0.25) is 0 Å². The number of likely N-dealkylation sites (tertiary alicyclic amines) is 1. The molecule has 0 aliphatic carbocycles. The molecule has 90 valence electrons. The first-order valence-corrected chi connectivity index (χ1v) is 7.08. The first-order valence-electron chi connectivity index (χ1n) is 5.42. The summed E-state index contributed by atoms with van der Waals surface area (Å²) < 4.78 is 23.0. The molecule has 0 unspecified atom stereocenters. The van der Waals surface area contributed by atoms with E-state index in [-0.39, 0.29) is 11.8 Å². The van der Waals surface area contributed by atoms with Gasteiger partial charge < -0.3 is 10.6 Å². The molecule has 1 saturated heterocycles. The average Bonchev–Trinajstić information content (AvgIpc) is 2.46. The SMILES string of the molecule is CC(C)(C)S(=O)(=O)CCN1CC[C@@H](N)C1. The molecule has 1 fully saturated rings. The zero-order valence-corrected chi connectivity index (χ0v) is 10.7. The standard InChI is InChI=1S/C10H22N2O2S/c1-10(2,3)15(13,14)7-6-12-5-4-9(11)8-12/h9H,4-8,11H2,1-3H3/t9-/m1/s1. The van der Waals surface area contributed by atoms with Gasteiger partial charge in [0.2, 0.25) is 0 Å². The van der Waals surface area contributed by atoms with Gasteiger partial charge in [-0.2, -0.15) is 0 Å². The molecule has 0 radical (unpaired) electrons. The summed E-state index contributed by atoms with van der Waals surface area (Å²) in [7, 11) is -2.99. The minimum Gasteiger partial charge on any atom is -0.326 e. The Kier molecular flexibility index (Phi) is 3.79. The van der Waals surface area contributed by atoms with Crippen LogP contribution in [-0.4, -0.2) is 49.5 Å². The zero-order chi connectivity index (χ0) is 11.7. The highest BCUT2D eigenvalue weighted by atomic mass is 32.2. The maximum Gasteiger partial charge on any atom is 0.156 e. The third kappa shape index (κ3) is 3.43. The highest BCUT2D eigenvalue weighted by Gasteiger charge is 2.30. The van der Waals surface area contributed by atoms with Crippen LogP contribution in [0.1, 0.15) is 27.2 Å². The summed E-state index contributed by atoms with van der Waals surface area (Å²) in [6, 6.07) is 0.224. The van der Waals surface area contributed by atoms with Crippen molar-refractivity contribution in [3.63, 3.8) is 0 Å². The Balaban J connectivity index is 2.44. The molecule has 5 heteroatoms. The van der Waals surface area contributed by atoms with Crippen LogP contribution in [0.4, 0.5) is 0 Å². The number of nitrogens with two attached hydrogens (primary N) is 1. The van der Waals surface area contributed by atoms with E-state index in [2.05, 4.69) is 4.90 Å². The fourth-order valence-corrected chi connectivity index (χ4v) is 2.73. The monoisotopic (exact) mass is 234 g/mol. The normalized spacial score (nSPS) is 24.7. The second kappa shape index (κ2) is 4.39. The first kappa shape index (κ1) is 12.9. The summed E-state index contributed by atoms with van der Waals surface area (Å²) in [5.41, 5.74) is 5.76. The Labute approximate surface area is 92.7 Å². The van der Waals surface area contributed by atoms with E-state index in [9.17, 15) is 8.42 Å². The van der Waals surface area contributed by atoms with Crippen molar-refractivity contribution in [2.24, 2.45) is 5.73 Å². The van der Waals surface area contributed by atoms with Crippen molar-refractivity contribution in [1.82, 2.24) is 4.90 Å². The van der Waals surface area contributed by atoms with E-state index in [1.165, 1.54) is 0 Å². The lowest BCUT2D eigenvalue weighted by Gasteiger charge is -2.21. The Morgan fingerprint density at radius 1 is 1.40 bits per heavy atom. The minimum absolute atomic E-state index is 0.224. The van der Waals surface area contributed by atoms with E-state index in [1.807, 2.05) is 0 Å². The first-order chi connectivity index (χ1) is 6.72. The van der Waals surface area contributed by atoms with Gasteiger partial charge in [-0.25, -0.2) is 8.42 Å². The molecule has 15 heavy (non-hydrogen) atoms. The van der Waals surface area contributed by atoms with Gasteiger partial charge in [-0.15, -0.1) is 0 Å². The van der Waals surface area contributed by atoms with Gasteiger partial charge in [0, 0.05) is 19.1 Å². The maximum atomic E-state index is 11.8. The van der Waals surface area contributed by atoms with E-state index in [0.29, 0.717) is 6.54 Å². The lowest BCUT2D eigenvalue weighted by atomic mass is 10.3. The quantitative estimate of drug-likeness (QED) is 0.759. The minimum atomic E-state index is -2.99. The summed E-state index contributed by atoms with van der Waals surface area (Å²) in [6.45, 7) is 7.63. The van der Waals surface area contributed by atoms with Gasteiger partial charge in [0.15, 0.2) is 9.84 Å². The Morgan fingerprint density at radius 3 is 2.40 bits per heavy atom. The van der Waals surface area contributed by atoms with Crippen molar-refractivity contribution in [3.05, 3.63) is 0 Å². The van der Waals surface area contributed by atoms with Gasteiger partial charge in [-0.05, 0) is 33.7 Å². The van der Waals surface area contributed by atoms with E-state index in [1.54, 1.807) is 20.8 Å². The maximum absolute atomic E-state index is 11.8. The molecule has 2 N–H and O–H groups in total. The predicted molar refractivity (Wildman–Crippen MR) is 62.6 cm³/mol. The molecule has 1 heterocycles. The summed E-state index contributed by atoms with van der Waals surface area (Å²) >= 11 is 0. The largest absolute Gasteiger partial charge is 0.326 e. The van der Waals surface area contributed by atoms with Crippen LogP contribution < -0.4 is 5.73 Å². The van der Waals surface area contributed by atoms with Gasteiger partial charge in [0.05, 0.1) is 10.5 Å². The number of hydrogen-bond donors (Lipinski definition) is 1. The number of hydrogen-bond acceptors (Lipinski definition) is 4. The van der Waals surface area contributed by atoms with Crippen LogP contribution in [0, 0.1) is 0 Å². The van der Waals surface area contributed by atoms with Gasteiger partial charge in [0.1, 0.15) is 0 Å². The molecular weight excluding hydrogens is 212 g/mol. The lowest BCUT2D eigenvalue weighted by molar-refractivity contribution is 0.353. The van der Waals surface area contributed by atoms with E-state index >= 15 is 0 Å². The van der Waals surface area contributed by atoms with E-state index in [0.717, 1.165) is 19.5 Å². The second-order valence-electron chi connectivity index (χ2n) is 5.28. The third-order valence-corrected chi connectivity index (χ3v) is 5.50. The summed E-state index contributed by atoms with van der Waals surface area (Å²) in [6.07, 6.45) is 0.982. The highest BCUT2D eigenvalue weighted by Crippen LogP contribution is 2.16. The Hall–Kier alpha value is -0.130. The van der Waals surface area contributed by atoms with Crippen LogP contribution in [0.3, 0.4) is 0 Å². The molecule has 0 saturated carbocycles. The molecule has 0 aromatic heterocycles. The number of rotatable bonds is 3. The van der Waals surface area contributed by atoms with Crippen LogP contribution in [0.15, 0.2) is 0 Å². The summed E-state index contributed by atoms with van der Waals surface area (Å²) in [4.78, 5) is 2.13. The van der Waals surface area contributed by atoms with Crippen molar-refractivity contribution < 1.29 is 8.42 Å². The Bertz CT molecular complexity index is 306. The van der Waals surface area contributed by atoms with Crippen LogP contribution in [0.2, 0.25) is 0 Å². The lowest BCUT2D eigenvalue weighted by Crippen LogP contribution is -2.36. The third-order valence-electron chi connectivity index (χ3n) is 2.92. The molecule has 1 rings (SSSR count). The van der Waals surface area contributed by atoms with Crippen molar-refractivity contribution in [2.75, 3.05) is 25.4 Å². The average molecular weight is 234 g/mol. The molecule has 1 aliphatic rings. The van der Waals surface area contributed by atoms with E-state index in [4.69, 9.17) is 5.73 Å². The molecule has 0 amide bonds. The predicted octanol–water partition coefficient (Wildman–Crippen LogP) is 0.233. The second-order valence-corrected chi connectivity index (χ2v) is 8.14. The van der Waals surface area contributed by atoms with Gasteiger partial charge in [-0.1, -0.05) is 0 Å². The van der Waals surface area contributed by atoms with Crippen LogP contribution >= 0.6 is 0 Å². The molecule has 0 aromatic carbocycles. The summed E-state index contributed by atoms with van der Waals surface area (Å²) in [5.74, 6) is 0.239. The Morgan fingerprint density at radius 2 is 2.00 bits per heavy atom. The van der Waals surface area contributed by atoms with Crippen molar-refractivity contribution >= 4 is 9.84 Å². The van der Waals surface area contributed by atoms with Crippen molar-refractivity contribution in [2.45, 2.75) is 38.0 Å². The fraction of sp³-hybridized carbons (Fsp3) is 1.00.